The molecule has 10 heteroatoms. The van der Waals surface area contributed by atoms with Gasteiger partial charge in [-0.05, 0) is 83.6 Å². The summed E-state index contributed by atoms with van der Waals surface area (Å²) in [5.41, 5.74) is 4.47. The highest BCUT2D eigenvalue weighted by molar-refractivity contribution is 5.91. The normalized spacial score (nSPS) is 10.8. The van der Waals surface area contributed by atoms with Crippen LogP contribution in [0.2, 0.25) is 0 Å². The lowest BCUT2D eigenvalue weighted by molar-refractivity contribution is -0.141. The first kappa shape index (κ1) is 35.5. The van der Waals surface area contributed by atoms with Gasteiger partial charge in [0, 0.05) is 12.2 Å². The first-order valence-corrected chi connectivity index (χ1v) is 15.6. The summed E-state index contributed by atoms with van der Waals surface area (Å²) in [6.07, 6.45) is 3.52. The standard InChI is InChI=1S/C38H40O10/c39-19-21-43-33-9-1-29(2-10-33)27-31-5-13-35(14-6-31)45-23-25-47-37(41)17-18-38(42)48-26-24-46-36-15-7-32(8-16-36)28-30-3-11-34(12-4-30)44-22-20-40/h1-18,39-40H,19-28H2/b18-17-. The number of aliphatic hydroxyl groups is 2. The molecule has 252 valence electrons. The van der Waals surface area contributed by atoms with Gasteiger partial charge in [0.25, 0.3) is 0 Å². The van der Waals surface area contributed by atoms with Gasteiger partial charge in [0.2, 0.25) is 0 Å². The number of carbonyl (C=O) groups excluding carboxylic acids is 2. The molecule has 0 bridgehead atoms. The van der Waals surface area contributed by atoms with Crippen molar-refractivity contribution in [1.29, 1.82) is 0 Å². The van der Waals surface area contributed by atoms with E-state index in [0.29, 0.717) is 11.5 Å². The SMILES string of the molecule is O=C(/C=C\C(=O)OCCOc1ccc(Cc2ccc(OCCO)cc2)cc1)OCCOc1ccc(Cc2ccc(OCCO)cc2)cc1. The highest BCUT2D eigenvalue weighted by Crippen LogP contribution is 2.19. The van der Waals surface area contributed by atoms with E-state index in [-0.39, 0.29) is 52.9 Å². The van der Waals surface area contributed by atoms with Gasteiger partial charge >= 0.3 is 11.9 Å². The zero-order chi connectivity index (χ0) is 33.8. The van der Waals surface area contributed by atoms with Crippen LogP contribution in [-0.2, 0) is 31.9 Å². The van der Waals surface area contributed by atoms with Gasteiger partial charge in [-0.25, -0.2) is 9.59 Å². The van der Waals surface area contributed by atoms with E-state index in [0.717, 1.165) is 58.7 Å². The van der Waals surface area contributed by atoms with E-state index in [9.17, 15) is 9.59 Å². The van der Waals surface area contributed by atoms with Gasteiger partial charge in [0.15, 0.2) is 0 Å². The van der Waals surface area contributed by atoms with Gasteiger partial charge in [-0.1, -0.05) is 48.5 Å². The maximum atomic E-state index is 11.9. The molecule has 0 spiro atoms. The highest BCUT2D eigenvalue weighted by Gasteiger charge is 2.05. The molecule has 4 aromatic rings. The largest absolute Gasteiger partial charge is 0.491 e. The van der Waals surface area contributed by atoms with Crippen molar-refractivity contribution >= 4 is 11.9 Å². The molecule has 48 heavy (non-hydrogen) atoms. The Kier molecular flexibility index (Phi) is 14.8. The van der Waals surface area contributed by atoms with Crippen molar-refractivity contribution in [3.8, 4) is 23.0 Å². The number of aliphatic hydroxyl groups excluding tert-OH is 2. The summed E-state index contributed by atoms with van der Waals surface area (Å²) in [7, 11) is 0. The zero-order valence-corrected chi connectivity index (χ0v) is 26.6. The molecule has 0 atom stereocenters. The Bertz CT molecular complexity index is 1430. The number of carbonyl (C=O) groups is 2. The highest BCUT2D eigenvalue weighted by atomic mass is 16.6. The molecule has 10 nitrogen and oxygen atoms in total. The molecular formula is C38H40O10. The molecule has 0 fully saturated rings. The maximum absolute atomic E-state index is 11.9. The molecule has 0 aliphatic heterocycles. The van der Waals surface area contributed by atoms with Crippen molar-refractivity contribution < 1.29 is 48.2 Å². The van der Waals surface area contributed by atoms with E-state index in [1.807, 2.05) is 97.1 Å². The molecule has 0 aliphatic carbocycles. The predicted octanol–water partition coefficient (Wildman–Crippen LogP) is 4.71. The molecule has 4 aromatic carbocycles. The van der Waals surface area contributed by atoms with Crippen molar-refractivity contribution in [3.63, 3.8) is 0 Å². The summed E-state index contributed by atoms with van der Waals surface area (Å²) in [6, 6.07) is 30.7. The Balaban J connectivity index is 1.05. The lowest BCUT2D eigenvalue weighted by Crippen LogP contribution is -2.12. The van der Waals surface area contributed by atoms with Crippen LogP contribution in [0, 0.1) is 0 Å². The third kappa shape index (κ3) is 13.2. The molecule has 0 radical (unpaired) electrons. The van der Waals surface area contributed by atoms with Gasteiger partial charge in [-0.15, -0.1) is 0 Å². The van der Waals surface area contributed by atoms with Crippen molar-refractivity contribution in [3.05, 3.63) is 131 Å². The van der Waals surface area contributed by atoms with Crippen LogP contribution < -0.4 is 18.9 Å². The summed E-state index contributed by atoms with van der Waals surface area (Å²) < 4.78 is 32.2. The fraction of sp³-hybridized carbons (Fsp3) is 0.263. The van der Waals surface area contributed by atoms with E-state index < -0.39 is 11.9 Å². The Morgan fingerprint density at radius 2 is 0.688 bits per heavy atom. The second-order valence-corrected chi connectivity index (χ2v) is 10.4. The lowest BCUT2D eigenvalue weighted by atomic mass is 10.0. The summed E-state index contributed by atoms with van der Waals surface area (Å²) in [6.45, 7) is 0.844. The molecule has 0 amide bonds. The summed E-state index contributed by atoms with van der Waals surface area (Å²) in [5.74, 6) is 1.37. The summed E-state index contributed by atoms with van der Waals surface area (Å²) in [4.78, 5) is 23.9. The van der Waals surface area contributed by atoms with Gasteiger partial charge < -0.3 is 38.6 Å². The van der Waals surface area contributed by atoms with Gasteiger partial charge in [-0.2, -0.15) is 0 Å². The Morgan fingerprint density at radius 1 is 0.417 bits per heavy atom. The minimum atomic E-state index is -0.680. The van der Waals surface area contributed by atoms with E-state index >= 15 is 0 Å². The number of hydrogen-bond acceptors (Lipinski definition) is 10. The number of hydrogen-bond donors (Lipinski definition) is 2. The van der Waals surface area contributed by atoms with Crippen LogP contribution in [-0.4, -0.2) is 75.0 Å². The Morgan fingerprint density at radius 3 is 0.958 bits per heavy atom. The minimum Gasteiger partial charge on any atom is -0.491 e. The van der Waals surface area contributed by atoms with Crippen LogP contribution >= 0.6 is 0 Å². The van der Waals surface area contributed by atoms with Crippen molar-refractivity contribution in [2.45, 2.75) is 12.8 Å². The Hall–Kier alpha value is -5.32. The molecule has 0 heterocycles. The Labute approximate surface area is 280 Å². The second kappa shape index (κ2) is 20.0. The topological polar surface area (TPSA) is 130 Å². The fourth-order valence-electron chi connectivity index (χ4n) is 4.45. The number of ether oxygens (including phenoxy) is 6. The average Bonchev–Trinajstić information content (AvgIpc) is 3.12. The zero-order valence-electron chi connectivity index (χ0n) is 26.6. The van der Waals surface area contributed by atoms with E-state index in [1.54, 1.807) is 0 Å². The minimum absolute atomic E-state index is 0.0178. The second-order valence-electron chi connectivity index (χ2n) is 10.4. The van der Waals surface area contributed by atoms with Crippen LogP contribution in [0.1, 0.15) is 22.3 Å². The molecule has 0 saturated carbocycles. The van der Waals surface area contributed by atoms with Crippen molar-refractivity contribution in [1.82, 2.24) is 0 Å². The maximum Gasteiger partial charge on any atom is 0.331 e. The molecule has 0 saturated heterocycles. The van der Waals surface area contributed by atoms with Crippen LogP contribution in [0.5, 0.6) is 23.0 Å². The predicted molar refractivity (Wildman–Crippen MR) is 179 cm³/mol. The third-order valence-electron chi connectivity index (χ3n) is 6.78. The number of rotatable bonds is 20. The van der Waals surface area contributed by atoms with Crippen LogP contribution in [0.15, 0.2) is 109 Å². The molecule has 4 rings (SSSR count). The number of benzene rings is 4. The quantitative estimate of drug-likeness (QED) is 0.0784. The first-order chi connectivity index (χ1) is 23.5. The average molecular weight is 657 g/mol. The van der Waals surface area contributed by atoms with Gasteiger partial charge in [-0.3, -0.25) is 0 Å². The van der Waals surface area contributed by atoms with E-state index in [2.05, 4.69) is 0 Å². The molecule has 0 aliphatic rings. The van der Waals surface area contributed by atoms with E-state index in [1.165, 1.54) is 0 Å². The third-order valence-corrected chi connectivity index (χ3v) is 6.78. The monoisotopic (exact) mass is 656 g/mol. The van der Waals surface area contributed by atoms with Crippen molar-refractivity contribution in [2.75, 3.05) is 52.9 Å². The van der Waals surface area contributed by atoms with Gasteiger partial charge in [0.1, 0.15) is 62.6 Å². The fourth-order valence-corrected chi connectivity index (χ4v) is 4.45. The van der Waals surface area contributed by atoms with Crippen molar-refractivity contribution in [2.24, 2.45) is 0 Å². The molecular weight excluding hydrogens is 616 g/mol. The molecule has 0 aromatic heterocycles. The lowest BCUT2D eigenvalue weighted by Gasteiger charge is -2.09. The molecule has 2 N–H and O–H groups in total. The number of esters is 2. The van der Waals surface area contributed by atoms with E-state index in [4.69, 9.17) is 38.6 Å². The van der Waals surface area contributed by atoms with Crippen LogP contribution in [0.4, 0.5) is 0 Å². The summed E-state index contributed by atoms with van der Waals surface area (Å²) >= 11 is 0. The smallest absolute Gasteiger partial charge is 0.331 e. The van der Waals surface area contributed by atoms with Gasteiger partial charge in [0.05, 0.1) is 13.2 Å². The summed E-state index contributed by atoms with van der Waals surface area (Å²) in [5, 5.41) is 17.7. The van der Waals surface area contributed by atoms with Crippen LogP contribution in [0.25, 0.3) is 0 Å². The van der Waals surface area contributed by atoms with Crippen LogP contribution in [0.3, 0.4) is 0 Å². The first-order valence-electron chi connectivity index (χ1n) is 15.6. The molecule has 0 unspecified atom stereocenters.